The maximum Gasteiger partial charge on any atom is 0.236 e. The van der Waals surface area contributed by atoms with Gasteiger partial charge in [0.25, 0.3) is 0 Å². The molecule has 0 aliphatic carbocycles. The second-order valence-electron chi connectivity index (χ2n) is 7.41. The van der Waals surface area contributed by atoms with Gasteiger partial charge in [-0.2, -0.15) is 4.98 Å². The molecule has 0 radical (unpaired) electrons. The van der Waals surface area contributed by atoms with E-state index >= 15 is 0 Å². The molecule has 0 saturated carbocycles. The van der Waals surface area contributed by atoms with E-state index < -0.39 is 9.84 Å². The Morgan fingerprint density at radius 2 is 1.67 bits per heavy atom. The molecule has 1 aliphatic rings. The van der Waals surface area contributed by atoms with Gasteiger partial charge in [0.2, 0.25) is 26.6 Å². The molecule has 0 N–H and O–H groups in total. The number of rotatable bonds is 6. The van der Waals surface area contributed by atoms with Crippen molar-refractivity contribution in [2.45, 2.75) is 42.5 Å². The second kappa shape index (κ2) is 8.52. The Kier molecular flexibility index (Phi) is 5.81. The van der Waals surface area contributed by atoms with E-state index in [1.54, 1.807) is 31.4 Å². The lowest BCUT2D eigenvalue weighted by Crippen LogP contribution is -2.30. The molecule has 7 heteroatoms. The minimum Gasteiger partial charge on any atom is -0.497 e. The van der Waals surface area contributed by atoms with Crippen LogP contribution in [0.15, 0.2) is 62.9 Å². The van der Waals surface area contributed by atoms with Crippen molar-refractivity contribution in [3.05, 3.63) is 54.1 Å². The molecule has 1 aliphatic heterocycles. The van der Waals surface area contributed by atoms with Gasteiger partial charge in [-0.05, 0) is 67.6 Å². The zero-order valence-corrected chi connectivity index (χ0v) is 18.1. The maximum absolute atomic E-state index is 13.5. The van der Waals surface area contributed by atoms with Crippen LogP contribution >= 0.6 is 0 Å². The lowest BCUT2D eigenvalue weighted by atomic mass is 10.1. The molecule has 0 spiro atoms. The van der Waals surface area contributed by atoms with E-state index in [0.717, 1.165) is 44.3 Å². The molecule has 4 rings (SSSR count). The van der Waals surface area contributed by atoms with Crippen molar-refractivity contribution in [1.82, 2.24) is 4.98 Å². The van der Waals surface area contributed by atoms with E-state index in [0.29, 0.717) is 23.1 Å². The summed E-state index contributed by atoms with van der Waals surface area (Å²) in [5, 5.41) is -0.0144. The van der Waals surface area contributed by atoms with Crippen molar-refractivity contribution >= 4 is 15.7 Å². The smallest absolute Gasteiger partial charge is 0.236 e. The van der Waals surface area contributed by atoms with Crippen LogP contribution in [0.4, 0.5) is 5.88 Å². The van der Waals surface area contributed by atoms with Gasteiger partial charge in [-0.1, -0.05) is 19.1 Å². The summed E-state index contributed by atoms with van der Waals surface area (Å²) >= 11 is 0. The monoisotopic (exact) mass is 426 g/mol. The summed E-state index contributed by atoms with van der Waals surface area (Å²) in [6, 6.07) is 14.2. The Morgan fingerprint density at radius 3 is 2.27 bits per heavy atom. The molecule has 2 aromatic carbocycles. The fourth-order valence-corrected chi connectivity index (χ4v) is 4.96. The third-order valence-corrected chi connectivity index (χ3v) is 7.12. The number of benzene rings is 2. The van der Waals surface area contributed by atoms with Crippen LogP contribution in [-0.2, 0) is 16.3 Å². The topological polar surface area (TPSA) is 72.6 Å². The van der Waals surface area contributed by atoms with Crippen molar-refractivity contribution in [2.75, 3.05) is 25.1 Å². The second-order valence-corrected chi connectivity index (χ2v) is 9.27. The van der Waals surface area contributed by atoms with Crippen LogP contribution in [0.25, 0.3) is 11.5 Å². The molecule has 1 fully saturated rings. The number of nitrogens with zero attached hydrogens (tertiary/aromatic N) is 2. The standard InChI is InChI=1S/C23H26N2O4S/c1-3-17-7-13-20(14-8-17)30(26,27)22-23(25-15-5-4-6-16-25)29-21(24-22)18-9-11-19(28-2)12-10-18/h7-14H,3-6,15-16H2,1-2H3. The highest BCUT2D eigenvalue weighted by molar-refractivity contribution is 7.91. The summed E-state index contributed by atoms with van der Waals surface area (Å²) in [7, 11) is -2.21. The first-order valence-corrected chi connectivity index (χ1v) is 11.8. The average Bonchev–Trinajstić information content (AvgIpc) is 3.26. The number of methoxy groups -OCH3 is 1. The Morgan fingerprint density at radius 1 is 1.00 bits per heavy atom. The minimum absolute atomic E-state index is 0.0144. The predicted molar refractivity (Wildman–Crippen MR) is 116 cm³/mol. The molecule has 0 amide bonds. The van der Waals surface area contributed by atoms with E-state index in [2.05, 4.69) is 4.98 Å². The summed E-state index contributed by atoms with van der Waals surface area (Å²) in [5.74, 6) is 1.34. The quantitative estimate of drug-likeness (QED) is 0.567. The Balaban J connectivity index is 1.80. The minimum atomic E-state index is -3.82. The SMILES string of the molecule is CCc1ccc(S(=O)(=O)c2nc(-c3ccc(OC)cc3)oc2N2CCCCC2)cc1. The molecule has 30 heavy (non-hydrogen) atoms. The summed E-state index contributed by atoms with van der Waals surface area (Å²) in [6.07, 6.45) is 3.99. The first-order valence-electron chi connectivity index (χ1n) is 10.3. The van der Waals surface area contributed by atoms with Crippen LogP contribution < -0.4 is 9.64 Å². The van der Waals surface area contributed by atoms with Gasteiger partial charge in [-0.25, -0.2) is 8.42 Å². The van der Waals surface area contributed by atoms with Gasteiger partial charge < -0.3 is 14.1 Å². The van der Waals surface area contributed by atoms with E-state index in [4.69, 9.17) is 9.15 Å². The molecule has 0 unspecified atom stereocenters. The van der Waals surface area contributed by atoms with Gasteiger partial charge in [0.15, 0.2) is 0 Å². The molecule has 0 atom stereocenters. The van der Waals surface area contributed by atoms with Gasteiger partial charge in [0, 0.05) is 18.7 Å². The van der Waals surface area contributed by atoms with Crippen LogP contribution in [-0.4, -0.2) is 33.6 Å². The number of hydrogen-bond donors (Lipinski definition) is 0. The third-order valence-electron chi connectivity index (χ3n) is 5.46. The van der Waals surface area contributed by atoms with Crippen LogP contribution in [0, 0.1) is 0 Å². The number of aryl methyl sites for hydroxylation is 1. The fourth-order valence-electron chi connectivity index (χ4n) is 3.64. The van der Waals surface area contributed by atoms with Crippen LogP contribution in [0.3, 0.4) is 0 Å². The highest BCUT2D eigenvalue weighted by Crippen LogP contribution is 2.36. The highest BCUT2D eigenvalue weighted by Gasteiger charge is 2.32. The molecule has 2 heterocycles. The highest BCUT2D eigenvalue weighted by atomic mass is 32.2. The lowest BCUT2D eigenvalue weighted by Gasteiger charge is -2.26. The molecule has 158 valence electrons. The number of hydrogen-bond acceptors (Lipinski definition) is 6. The van der Waals surface area contributed by atoms with Crippen molar-refractivity contribution in [3.8, 4) is 17.2 Å². The van der Waals surface area contributed by atoms with Gasteiger partial charge in [0.05, 0.1) is 12.0 Å². The molecule has 1 aromatic heterocycles. The molecular formula is C23H26N2O4S. The van der Waals surface area contributed by atoms with E-state index in [-0.39, 0.29) is 9.92 Å². The fraction of sp³-hybridized carbons (Fsp3) is 0.348. The normalized spacial score (nSPS) is 14.7. The predicted octanol–water partition coefficient (Wildman–Crippen LogP) is 4.74. The number of piperidine rings is 1. The zero-order chi connectivity index (χ0) is 21.1. The number of anilines is 1. The molecule has 3 aromatic rings. The molecule has 0 bridgehead atoms. The first-order chi connectivity index (χ1) is 14.5. The molecule has 1 saturated heterocycles. The summed E-state index contributed by atoms with van der Waals surface area (Å²) in [5.41, 5.74) is 1.79. The Labute approximate surface area is 177 Å². The molecular weight excluding hydrogens is 400 g/mol. The van der Waals surface area contributed by atoms with Crippen molar-refractivity contribution in [3.63, 3.8) is 0 Å². The van der Waals surface area contributed by atoms with Crippen LogP contribution in [0.2, 0.25) is 0 Å². The molecule has 6 nitrogen and oxygen atoms in total. The van der Waals surface area contributed by atoms with Crippen molar-refractivity contribution in [1.29, 1.82) is 0 Å². The largest absolute Gasteiger partial charge is 0.497 e. The first kappa shape index (κ1) is 20.5. The lowest BCUT2D eigenvalue weighted by molar-refractivity contribution is 0.415. The van der Waals surface area contributed by atoms with Crippen LogP contribution in [0.1, 0.15) is 31.7 Å². The van der Waals surface area contributed by atoms with Gasteiger partial charge in [0.1, 0.15) is 5.75 Å². The van der Waals surface area contributed by atoms with E-state index in [1.165, 1.54) is 0 Å². The van der Waals surface area contributed by atoms with Gasteiger partial charge in [-0.3, -0.25) is 0 Å². The number of oxazole rings is 1. The number of aromatic nitrogens is 1. The zero-order valence-electron chi connectivity index (χ0n) is 17.3. The van der Waals surface area contributed by atoms with Gasteiger partial charge in [-0.15, -0.1) is 0 Å². The van der Waals surface area contributed by atoms with Crippen molar-refractivity contribution in [2.24, 2.45) is 0 Å². The van der Waals surface area contributed by atoms with Crippen LogP contribution in [0.5, 0.6) is 5.75 Å². The third kappa shape index (κ3) is 3.94. The summed E-state index contributed by atoms with van der Waals surface area (Å²) in [6.45, 7) is 3.56. The number of sulfone groups is 1. The summed E-state index contributed by atoms with van der Waals surface area (Å²) in [4.78, 5) is 6.69. The van der Waals surface area contributed by atoms with E-state index in [9.17, 15) is 8.42 Å². The van der Waals surface area contributed by atoms with Gasteiger partial charge >= 0.3 is 0 Å². The summed E-state index contributed by atoms with van der Waals surface area (Å²) < 4.78 is 38.2. The van der Waals surface area contributed by atoms with E-state index in [1.807, 2.05) is 36.1 Å². The Hall–Kier alpha value is -2.80. The Bertz CT molecular complexity index is 1100. The number of ether oxygens (including phenoxy) is 1. The van der Waals surface area contributed by atoms with Crippen molar-refractivity contribution < 1.29 is 17.6 Å². The maximum atomic E-state index is 13.5. The average molecular weight is 427 g/mol.